The summed E-state index contributed by atoms with van der Waals surface area (Å²) in [5, 5.41) is 12.6. The molecule has 2 aliphatic rings. The monoisotopic (exact) mass is 362 g/mol. The first-order chi connectivity index (χ1) is 12.6. The second-order valence-corrected chi connectivity index (χ2v) is 6.85. The lowest BCUT2D eigenvalue weighted by molar-refractivity contribution is -0.142. The number of benzene rings is 1. The van der Waals surface area contributed by atoms with Gasteiger partial charge in [0.2, 0.25) is 0 Å². The quantitative estimate of drug-likeness (QED) is 0.835. The van der Waals surface area contributed by atoms with Gasteiger partial charge in [0.1, 0.15) is 5.75 Å². The topological polar surface area (TPSA) is 88.1 Å². The van der Waals surface area contributed by atoms with Crippen LogP contribution in [0.25, 0.3) is 0 Å². The molecule has 1 aliphatic heterocycles. The van der Waals surface area contributed by atoms with E-state index in [1.807, 2.05) is 6.07 Å². The summed E-state index contributed by atoms with van der Waals surface area (Å²) in [5.74, 6) is -0.277. The van der Waals surface area contributed by atoms with E-state index in [2.05, 4.69) is 5.32 Å². The van der Waals surface area contributed by atoms with Gasteiger partial charge < -0.3 is 24.8 Å². The Morgan fingerprint density at radius 1 is 1.19 bits per heavy atom. The molecule has 1 amide bonds. The Morgan fingerprint density at radius 3 is 2.50 bits per heavy atom. The number of carboxylic acids is 1. The van der Waals surface area contributed by atoms with Crippen LogP contribution in [0.2, 0.25) is 0 Å². The number of morpholine rings is 1. The molecule has 0 unspecified atom stereocenters. The second-order valence-electron chi connectivity index (χ2n) is 6.85. The number of ether oxygens (including phenoxy) is 2. The molecule has 0 aromatic heterocycles. The fourth-order valence-corrected chi connectivity index (χ4v) is 3.61. The third-order valence-corrected chi connectivity index (χ3v) is 5.18. The van der Waals surface area contributed by atoms with E-state index in [4.69, 9.17) is 14.6 Å². The van der Waals surface area contributed by atoms with Gasteiger partial charge in [0.05, 0.1) is 31.9 Å². The highest BCUT2D eigenvalue weighted by atomic mass is 16.5. The number of amides is 1. The van der Waals surface area contributed by atoms with Crippen molar-refractivity contribution in [3.63, 3.8) is 0 Å². The second kappa shape index (κ2) is 8.40. The van der Waals surface area contributed by atoms with Gasteiger partial charge in [-0.25, -0.2) is 0 Å². The highest BCUT2D eigenvalue weighted by molar-refractivity contribution is 5.95. The molecule has 7 nitrogen and oxygen atoms in total. The summed E-state index contributed by atoms with van der Waals surface area (Å²) < 4.78 is 10.7. The van der Waals surface area contributed by atoms with Gasteiger partial charge in [-0.05, 0) is 43.9 Å². The molecule has 142 valence electrons. The van der Waals surface area contributed by atoms with Crippen molar-refractivity contribution in [3.8, 4) is 5.75 Å². The molecule has 0 atom stereocenters. The molecular formula is C19H26N2O5. The van der Waals surface area contributed by atoms with Crippen molar-refractivity contribution >= 4 is 17.6 Å². The number of nitrogens with zero attached hydrogens (tertiary/aromatic N) is 1. The summed E-state index contributed by atoms with van der Waals surface area (Å²) in [7, 11) is 1.60. The normalized spacial score (nSPS) is 23.3. The largest absolute Gasteiger partial charge is 0.495 e. The molecule has 3 rings (SSSR count). The van der Waals surface area contributed by atoms with Crippen LogP contribution in [0.1, 0.15) is 36.0 Å². The lowest BCUT2D eigenvalue weighted by Crippen LogP contribution is -2.40. The summed E-state index contributed by atoms with van der Waals surface area (Å²) in [6.07, 6.45) is 2.92. The molecular weight excluding hydrogens is 336 g/mol. The number of carbonyl (C=O) groups is 2. The molecule has 0 radical (unpaired) electrons. The molecule has 2 N–H and O–H groups in total. The average Bonchev–Trinajstić information content (AvgIpc) is 2.68. The zero-order valence-corrected chi connectivity index (χ0v) is 15.1. The SMILES string of the molecule is COc1ccc(C(=O)N2CCOCC2)cc1NC1CCC(C(=O)O)CC1. The molecule has 1 aliphatic carbocycles. The maximum absolute atomic E-state index is 12.7. The molecule has 0 bridgehead atoms. The molecule has 1 saturated heterocycles. The molecule has 26 heavy (non-hydrogen) atoms. The van der Waals surface area contributed by atoms with Crippen molar-refractivity contribution in [2.75, 3.05) is 38.7 Å². The van der Waals surface area contributed by atoms with Crippen molar-refractivity contribution in [2.24, 2.45) is 5.92 Å². The third kappa shape index (κ3) is 4.27. The molecule has 1 aromatic carbocycles. The van der Waals surface area contributed by atoms with Crippen molar-refractivity contribution < 1.29 is 24.2 Å². The summed E-state index contributed by atoms with van der Waals surface area (Å²) in [4.78, 5) is 25.6. The minimum atomic E-state index is -0.709. The number of hydrogen-bond donors (Lipinski definition) is 2. The summed E-state index contributed by atoms with van der Waals surface area (Å²) in [6.45, 7) is 2.35. The van der Waals surface area contributed by atoms with Crippen LogP contribution < -0.4 is 10.1 Å². The highest BCUT2D eigenvalue weighted by Gasteiger charge is 2.27. The van der Waals surface area contributed by atoms with Crippen molar-refractivity contribution in [3.05, 3.63) is 23.8 Å². The first-order valence-electron chi connectivity index (χ1n) is 9.13. The predicted molar refractivity (Wildman–Crippen MR) is 96.7 cm³/mol. The van der Waals surface area contributed by atoms with Crippen molar-refractivity contribution in [1.82, 2.24) is 4.90 Å². The van der Waals surface area contributed by atoms with Crippen LogP contribution in [-0.2, 0) is 9.53 Å². The van der Waals surface area contributed by atoms with E-state index >= 15 is 0 Å². The van der Waals surface area contributed by atoms with Crippen LogP contribution in [-0.4, -0.2) is 61.3 Å². The third-order valence-electron chi connectivity index (χ3n) is 5.18. The smallest absolute Gasteiger partial charge is 0.306 e. The number of hydrogen-bond acceptors (Lipinski definition) is 5. The van der Waals surface area contributed by atoms with Crippen LogP contribution in [0.5, 0.6) is 5.75 Å². The number of rotatable bonds is 5. The first-order valence-corrected chi connectivity index (χ1v) is 9.13. The number of carboxylic acid groups (broad SMARTS) is 1. The van der Waals surface area contributed by atoms with Gasteiger partial charge >= 0.3 is 5.97 Å². The number of carbonyl (C=O) groups excluding carboxylic acids is 1. The number of aliphatic carboxylic acids is 1. The van der Waals surface area contributed by atoms with E-state index in [9.17, 15) is 9.59 Å². The van der Waals surface area contributed by atoms with E-state index in [0.29, 0.717) is 50.5 Å². The molecule has 1 aromatic rings. The minimum absolute atomic E-state index is 0.00594. The Balaban J connectivity index is 1.69. The van der Waals surface area contributed by atoms with Gasteiger partial charge in [-0.3, -0.25) is 9.59 Å². The van der Waals surface area contributed by atoms with E-state index in [-0.39, 0.29) is 17.9 Å². The van der Waals surface area contributed by atoms with Gasteiger partial charge in [0.25, 0.3) is 5.91 Å². The maximum Gasteiger partial charge on any atom is 0.306 e. The number of anilines is 1. The number of methoxy groups -OCH3 is 1. The Kier molecular flexibility index (Phi) is 5.98. The lowest BCUT2D eigenvalue weighted by Gasteiger charge is -2.29. The first kappa shape index (κ1) is 18.5. The Morgan fingerprint density at radius 2 is 1.88 bits per heavy atom. The molecule has 7 heteroatoms. The van der Waals surface area contributed by atoms with Gasteiger partial charge in [-0.1, -0.05) is 0 Å². The maximum atomic E-state index is 12.7. The molecule has 2 fully saturated rings. The summed E-state index contributed by atoms with van der Waals surface area (Å²) in [6, 6.07) is 5.61. The lowest BCUT2D eigenvalue weighted by atomic mass is 9.86. The van der Waals surface area contributed by atoms with Crippen LogP contribution in [0.3, 0.4) is 0 Å². The zero-order valence-electron chi connectivity index (χ0n) is 15.1. The molecule has 1 saturated carbocycles. The molecule has 0 spiro atoms. The van der Waals surface area contributed by atoms with Gasteiger partial charge in [0.15, 0.2) is 0 Å². The van der Waals surface area contributed by atoms with E-state index < -0.39 is 5.97 Å². The number of nitrogens with one attached hydrogen (secondary N) is 1. The van der Waals surface area contributed by atoms with Gasteiger partial charge in [-0.2, -0.15) is 0 Å². The predicted octanol–water partition coefficient (Wildman–Crippen LogP) is 2.22. The zero-order chi connectivity index (χ0) is 18.5. The van der Waals surface area contributed by atoms with Crippen LogP contribution in [0.15, 0.2) is 18.2 Å². The van der Waals surface area contributed by atoms with Crippen molar-refractivity contribution in [2.45, 2.75) is 31.7 Å². The van der Waals surface area contributed by atoms with E-state index in [1.165, 1.54) is 0 Å². The fraction of sp³-hybridized carbons (Fsp3) is 0.579. The van der Waals surface area contributed by atoms with Gasteiger partial charge in [-0.15, -0.1) is 0 Å². The fourth-order valence-electron chi connectivity index (χ4n) is 3.61. The standard InChI is InChI=1S/C19H26N2O5/c1-25-17-7-4-14(18(22)21-8-10-26-11-9-21)12-16(17)20-15-5-2-13(3-6-15)19(23)24/h4,7,12-13,15,20H,2-3,5-6,8-11H2,1H3,(H,23,24). The Bertz CT molecular complexity index is 649. The Labute approximate surface area is 153 Å². The van der Waals surface area contributed by atoms with Crippen LogP contribution >= 0.6 is 0 Å². The van der Waals surface area contributed by atoms with Crippen LogP contribution in [0, 0.1) is 5.92 Å². The van der Waals surface area contributed by atoms with Crippen molar-refractivity contribution in [1.29, 1.82) is 0 Å². The van der Waals surface area contributed by atoms with E-state index in [1.54, 1.807) is 24.1 Å². The van der Waals surface area contributed by atoms with Crippen LogP contribution in [0.4, 0.5) is 5.69 Å². The highest BCUT2D eigenvalue weighted by Crippen LogP contribution is 2.31. The Hall–Kier alpha value is -2.28. The minimum Gasteiger partial charge on any atom is -0.495 e. The summed E-state index contributed by atoms with van der Waals surface area (Å²) in [5.41, 5.74) is 1.40. The molecule has 1 heterocycles. The average molecular weight is 362 g/mol. The van der Waals surface area contributed by atoms with Gasteiger partial charge in [0, 0.05) is 24.7 Å². The summed E-state index contributed by atoms with van der Waals surface area (Å²) >= 11 is 0. The van der Waals surface area contributed by atoms with E-state index in [0.717, 1.165) is 18.5 Å².